The number of fused-ring (bicyclic) bond motifs is 1. The highest BCUT2D eigenvalue weighted by Gasteiger charge is 2.09. The summed E-state index contributed by atoms with van der Waals surface area (Å²) < 4.78 is 1.74. The first kappa shape index (κ1) is 17.2. The Morgan fingerprint density at radius 2 is 2.08 bits per heavy atom. The molecule has 0 atom stereocenters. The van der Waals surface area contributed by atoms with Crippen LogP contribution in [0.25, 0.3) is 16.9 Å². The summed E-state index contributed by atoms with van der Waals surface area (Å²) >= 11 is 0. The molecule has 0 spiro atoms. The van der Waals surface area contributed by atoms with Crippen LogP contribution in [0.5, 0.6) is 0 Å². The number of hydrogen-bond donors (Lipinski definition) is 2. The predicted octanol–water partition coefficient (Wildman–Crippen LogP) is 2.48. The third-order valence-corrected chi connectivity index (χ3v) is 3.98. The van der Waals surface area contributed by atoms with Gasteiger partial charge < -0.3 is 15.3 Å². The van der Waals surface area contributed by atoms with Crippen molar-refractivity contribution in [3.8, 4) is 17.3 Å². The van der Waals surface area contributed by atoms with E-state index in [0.717, 1.165) is 16.8 Å². The molecule has 0 radical (unpaired) electrons. The monoisotopic (exact) mass is 350 g/mol. The smallest absolute Gasteiger partial charge is 0.407 e. The average molecular weight is 350 g/mol. The molecule has 3 aromatic rings. The second kappa shape index (κ2) is 7.53. The number of carbonyl (C=O) groups is 1. The number of aromatic nitrogens is 3. The molecule has 0 saturated heterocycles. The molecule has 2 heterocycles. The van der Waals surface area contributed by atoms with Gasteiger partial charge in [0.05, 0.1) is 24.4 Å². The molecule has 132 valence electrons. The molecule has 0 aliphatic carbocycles. The number of hydrogen-bond acceptors (Lipinski definition) is 5. The summed E-state index contributed by atoms with van der Waals surface area (Å²) in [5.74, 6) is 0.636. The lowest BCUT2D eigenvalue weighted by Crippen LogP contribution is -2.30. The number of nitrogens with zero attached hydrogens (tertiary/aromatic N) is 5. The van der Waals surface area contributed by atoms with Gasteiger partial charge in [0.25, 0.3) is 0 Å². The maximum atomic E-state index is 10.8. The standard InChI is InChI=1S/C18H18N6O2/c1-23(18(25)26)11-10-20-16-6-7-17-21-12-15(24(17)22-16)14-4-2-13(3-5-14)8-9-19/h2-7,12H,8,10-11H2,1H3,(H,20,22)(H,25,26). The molecule has 2 aromatic heterocycles. The highest BCUT2D eigenvalue weighted by atomic mass is 16.4. The van der Waals surface area contributed by atoms with E-state index in [1.807, 2.05) is 36.4 Å². The van der Waals surface area contributed by atoms with Crippen LogP contribution in [-0.2, 0) is 6.42 Å². The normalized spacial score (nSPS) is 10.5. The fraction of sp³-hybridized carbons (Fsp3) is 0.222. The Bertz CT molecular complexity index is 958. The van der Waals surface area contributed by atoms with E-state index in [2.05, 4.69) is 21.5 Å². The number of amides is 1. The summed E-state index contributed by atoms with van der Waals surface area (Å²) in [5.41, 5.74) is 3.47. The van der Waals surface area contributed by atoms with Gasteiger partial charge in [-0.05, 0) is 17.7 Å². The Hall–Kier alpha value is -3.60. The summed E-state index contributed by atoms with van der Waals surface area (Å²) in [7, 11) is 1.52. The van der Waals surface area contributed by atoms with Crippen LogP contribution in [0, 0.1) is 11.3 Å². The number of carboxylic acid groups (broad SMARTS) is 1. The molecule has 0 aliphatic rings. The van der Waals surface area contributed by atoms with E-state index >= 15 is 0 Å². The van der Waals surface area contributed by atoms with Crippen LogP contribution in [0.4, 0.5) is 10.6 Å². The van der Waals surface area contributed by atoms with E-state index in [-0.39, 0.29) is 0 Å². The van der Waals surface area contributed by atoms with E-state index in [4.69, 9.17) is 10.4 Å². The van der Waals surface area contributed by atoms with Crippen LogP contribution in [0.15, 0.2) is 42.6 Å². The fourth-order valence-corrected chi connectivity index (χ4v) is 2.50. The highest BCUT2D eigenvalue weighted by molar-refractivity contribution is 5.65. The van der Waals surface area contributed by atoms with Crippen LogP contribution < -0.4 is 5.32 Å². The molecule has 26 heavy (non-hydrogen) atoms. The summed E-state index contributed by atoms with van der Waals surface area (Å²) in [6.45, 7) is 0.806. The van der Waals surface area contributed by atoms with Crippen LogP contribution in [0.3, 0.4) is 0 Å². The summed E-state index contributed by atoms with van der Waals surface area (Å²) in [4.78, 5) is 16.4. The van der Waals surface area contributed by atoms with Gasteiger partial charge in [0.1, 0.15) is 5.82 Å². The molecule has 8 heteroatoms. The third-order valence-electron chi connectivity index (χ3n) is 3.98. The zero-order valence-electron chi connectivity index (χ0n) is 14.3. The van der Waals surface area contributed by atoms with Crippen molar-refractivity contribution < 1.29 is 9.90 Å². The molecular formula is C18H18N6O2. The molecule has 3 rings (SSSR count). The number of nitrogens with one attached hydrogen (secondary N) is 1. The molecular weight excluding hydrogens is 332 g/mol. The quantitative estimate of drug-likeness (QED) is 0.707. The molecule has 1 aromatic carbocycles. The van der Waals surface area contributed by atoms with Crippen molar-refractivity contribution >= 4 is 17.6 Å². The van der Waals surface area contributed by atoms with Gasteiger partial charge in [0, 0.05) is 25.7 Å². The Kier molecular flexibility index (Phi) is 4.99. The van der Waals surface area contributed by atoms with Crippen molar-refractivity contribution in [1.29, 1.82) is 5.26 Å². The van der Waals surface area contributed by atoms with Gasteiger partial charge in [-0.2, -0.15) is 5.26 Å². The minimum atomic E-state index is -0.966. The molecule has 2 N–H and O–H groups in total. The number of likely N-dealkylation sites (N-methyl/N-ethyl adjacent to an activating group) is 1. The van der Waals surface area contributed by atoms with E-state index < -0.39 is 6.09 Å². The van der Waals surface area contributed by atoms with Crippen molar-refractivity contribution in [1.82, 2.24) is 19.5 Å². The Balaban J connectivity index is 1.79. The van der Waals surface area contributed by atoms with Crippen molar-refractivity contribution in [2.75, 3.05) is 25.5 Å². The minimum Gasteiger partial charge on any atom is -0.465 e. The summed E-state index contributed by atoms with van der Waals surface area (Å²) in [6.07, 6.45) is 1.17. The molecule has 0 aliphatic heterocycles. The van der Waals surface area contributed by atoms with Crippen molar-refractivity contribution in [3.05, 3.63) is 48.2 Å². The lowest BCUT2D eigenvalue weighted by Gasteiger charge is -2.13. The van der Waals surface area contributed by atoms with Crippen molar-refractivity contribution in [2.45, 2.75) is 6.42 Å². The predicted molar refractivity (Wildman–Crippen MR) is 96.9 cm³/mol. The number of benzene rings is 1. The van der Waals surface area contributed by atoms with Crippen molar-refractivity contribution in [3.63, 3.8) is 0 Å². The number of nitriles is 1. The largest absolute Gasteiger partial charge is 0.465 e. The zero-order valence-corrected chi connectivity index (χ0v) is 14.3. The molecule has 0 fully saturated rings. The van der Waals surface area contributed by atoms with E-state index in [9.17, 15) is 4.79 Å². The maximum absolute atomic E-state index is 10.8. The van der Waals surface area contributed by atoms with Crippen LogP contribution in [-0.4, -0.2) is 50.8 Å². The van der Waals surface area contributed by atoms with Gasteiger partial charge in [-0.3, -0.25) is 0 Å². The van der Waals surface area contributed by atoms with Gasteiger partial charge >= 0.3 is 6.09 Å². The van der Waals surface area contributed by atoms with Gasteiger partial charge in [-0.25, -0.2) is 14.3 Å². The van der Waals surface area contributed by atoms with Crippen molar-refractivity contribution in [2.24, 2.45) is 0 Å². The minimum absolute atomic E-state index is 0.353. The second-order valence-electron chi connectivity index (χ2n) is 5.79. The lowest BCUT2D eigenvalue weighted by atomic mass is 10.1. The first-order chi connectivity index (χ1) is 12.6. The SMILES string of the molecule is CN(CCNc1ccc2ncc(-c3ccc(CC#N)cc3)n2n1)C(=O)O. The highest BCUT2D eigenvalue weighted by Crippen LogP contribution is 2.21. The summed E-state index contributed by atoms with van der Waals surface area (Å²) in [5, 5.41) is 25.3. The first-order valence-electron chi connectivity index (χ1n) is 8.07. The number of anilines is 1. The van der Waals surface area contributed by atoms with Gasteiger partial charge in [-0.1, -0.05) is 24.3 Å². The topological polar surface area (TPSA) is 107 Å². The Morgan fingerprint density at radius 1 is 1.31 bits per heavy atom. The molecule has 1 amide bonds. The Morgan fingerprint density at radius 3 is 2.77 bits per heavy atom. The van der Waals surface area contributed by atoms with Crippen LogP contribution in [0.2, 0.25) is 0 Å². The van der Waals surface area contributed by atoms with Crippen LogP contribution in [0.1, 0.15) is 5.56 Å². The van der Waals surface area contributed by atoms with E-state index in [1.54, 1.807) is 10.7 Å². The van der Waals surface area contributed by atoms with Gasteiger partial charge in [0.15, 0.2) is 5.65 Å². The molecule has 0 saturated carbocycles. The third kappa shape index (κ3) is 3.72. The average Bonchev–Trinajstić information content (AvgIpc) is 3.06. The first-order valence-corrected chi connectivity index (χ1v) is 8.07. The van der Waals surface area contributed by atoms with Crippen LogP contribution >= 0.6 is 0 Å². The van der Waals surface area contributed by atoms with Gasteiger partial charge in [-0.15, -0.1) is 5.10 Å². The van der Waals surface area contributed by atoms with E-state index in [1.165, 1.54) is 11.9 Å². The maximum Gasteiger partial charge on any atom is 0.407 e. The van der Waals surface area contributed by atoms with E-state index in [0.29, 0.717) is 31.0 Å². The summed E-state index contributed by atoms with van der Waals surface area (Å²) in [6, 6.07) is 13.5. The zero-order chi connectivity index (χ0) is 18.5. The molecule has 0 bridgehead atoms. The Labute approximate surface area is 150 Å². The molecule has 8 nitrogen and oxygen atoms in total. The number of imidazole rings is 1. The van der Waals surface area contributed by atoms with Gasteiger partial charge in [0.2, 0.25) is 0 Å². The lowest BCUT2D eigenvalue weighted by molar-refractivity contribution is 0.157. The fourth-order valence-electron chi connectivity index (χ4n) is 2.50. The second-order valence-corrected chi connectivity index (χ2v) is 5.79. The molecule has 0 unspecified atom stereocenters. The number of rotatable bonds is 6.